The molecule has 2 aliphatic rings. The van der Waals surface area contributed by atoms with Gasteiger partial charge in [-0.15, -0.1) is 0 Å². The van der Waals surface area contributed by atoms with Crippen molar-refractivity contribution in [3.63, 3.8) is 0 Å². The Morgan fingerprint density at radius 2 is 2.00 bits per heavy atom. The van der Waals surface area contributed by atoms with E-state index in [-0.39, 0.29) is 36.3 Å². The monoisotopic (exact) mass is 420 g/mol. The summed E-state index contributed by atoms with van der Waals surface area (Å²) >= 11 is 0. The highest BCUT2D eigenvalue weighted by molar-refractivity contribution is 6.04. The molecule has 30 heavy (non-hydrogen) atoms. The van der Waals surface area contributed by atoms with Crippen LogP contribution in [-0.2, 0) is 28.5 Å². The predicted molar refractivity (Wildman–Crippen MR) is 105 cm³/mol. The lowest BCUT2D eigenvalue weighted by Gasteiger charge is -2.31. The summed E-state index contributed by atoms with van der Waals surface area (Å²) in [7, 11) is 2.39. The third kappa shape index (κ3) is 4.55. The lowest BCUT2D eigenvalue weighted by Crippen LogP contribution is -2.38. The van der Waals surface area contributed by atoms with Crippen molar-refractivity contribution in [1.82, 2.24) is 0 Å². The highest BCUT2D eigenvalue weighted by atomic mass is 16.5. The third-order valence-electron chi connectivity index (χ3n) is 4.92. The van der Waals surface area contributed by atoms with Gasteiger partial charge >= 0.3 is 17.9 Å². The minimum absolute atomic E-state index is 0.00643. The zero-order valence-electron chi connectivity index (χ0n) is 16.8. The van der Waals surface area contributed by atoms with Gasteiger partial charge in [-0.05, 0) is 31.0 Å². The average Bonchev–Trinajstić information content (AvgIpc) is 3.29. The van der Waals surface area contributed by atoms with Gasteiger partial charge in [-0.3, -0.25) is 0 Å². The van der Waals surface area contributed by atoms with Crippen molar-refractivity contribution in [2.45, 2.75) is 18.9 Å². The largest absolute Gasteiger partial charge is 0.478 e. The number of benzene rings is 1. The Morgan fingerprint density at radius 3 is 2.63 bits per heavy atom. The lowest BCUT2D eigenvalue weighted by molar-refractivity contribution is -0.140. The Bertz CT molecular complexity index is 860. The molecule has 2 aliphatic heterocycles. The van der Waals surface area contributed by atoms with Crippen LogP contribution in [0.4, 0.5) is 11.4 Å². The van der Waals surface area contributed by atoms with E-state index in [2.05, 4.69) is 5.32 Å². The number of ether oxygens (including phenoxy) is 4. The number of rotatable bonds is 7. The molecule has 10 heteroatoms. The van der Waals surface area contributed by atoms with E-state index in [1.54, 1.807) is 12.1 Å². The summed E-state index contributed by atoms with van der Waals surface area (Å²) in [4.78, 5) is 37.7. The maximum atomic E-state index is 12.4. The molecular formula is C20H24N2O8. The van der Waals surface area contributed by atoms with Gasteiger partial charge in [0.2, 0.25) is 0 Å². The first-order chi connectivity index (χ1) is 14.5. The SMILES string of the molecule is COC(=O)C1=C(C(=O)OC)N(c2ccc(NCC3CCCO3)c(C(=O)O)c2)COC1. The van der Waals surface area contributed by atoms with E-state index in [1.165, 1.54) is 25.2 Å². The molecule has 0 radical (unpaired) electrons. The van der Waals surface area contributed by atoms with Crippen molar-refractivity contribution >= 4 is 29.3 Å². The topological polar surface area (TPSA) is 124 Å². The number of anilines is 2. The molecule has 0 amide bonds. The fourth-order valence-electron chi connectivity index (χ4n) is 3.41. The van der Waals surface area contributed by atoms with E-state index in [0.29, 0.717) is 24.5 Å². The number of carboxylic acids is 1. The van der Waals surface area contributed by atoms with Crippen LogP contribution in [0, 0.1) is 0 Å². The van der Waals surface area contributed by atoms with Crippen molar-refractivity contribution in [3.05, 3.63) is 35.0 Å². The molecule has 1 fully saturated rings. The summed E-state index contributed by atoms with van der Waals surface area (Å²) in [6.45, 7) is 1.01. The number of esters is 2. The normalized spacial score (nSPS) is 18.9. The minimum atomic E-state index is -1.14. The number of nitrogens with one attached hydrogen (secondary N) is 1. The van der Waals surface area contributed by atoms with Crippen molar-refractivity contribution in [2.75, 3.05) is 50.9 Å². The van der Waals surface area contributed by atoms with Crippen LogP contribution in [-0.4, -0.2) is 69.8 Å². The second kappa shape index (κ2) is 9.59. The van der Waals surface area contributed by atoms with Crippen LogP contribution in [0.2, 0.25) is 0 Å². The first-order valence-corrected chi connectivity index (χ1v) is 9.44. The van der Waals surface area contributed by atoms with Gasteiger partial charge in [-0.2, -0.15) is 0 Å². The van der Waals surface area contributed by atoms with Crippen LogP contribution < -0.4 is 10.2 Å². The number of aromatic carboxylic acids is 1. The summed E-state index contributed by atoms with van der Waals surface area (Å²) in [6, 6.07) is 4.65. The van der Waals surface area contributed by atoms with Crippen LogP contribution >= 0.6 is 0 Å². The molecule has 0 aromatic heterocycles. The van der Waals surface area contributed by atoms with E-state index in [4.69, 9.17) is 18.9 Å². The molecule has 10 nitrogen and oxygen atoms in total. The second-order valence-corrected chi connectivity index (χ2v) is 6.77. The van der Waals surface area contributed by atoms with Crippen molar-refractivity contribution in [3.8, 4) is 0 Å². The maximum Gasteiger partial charge on any atom is 0.355 e. The number of hydrogen-bond acceptors (Lipinski definition) is 9. The first-order valence-electron chi connectivity index (χ1n) is 9.44. The molecule has 2 N–H and O–H groups in total. The van der Waals surface area contributed by atoms with Gasteiger partial charge in [0.15, 0.2) is 0 Å². The lowest BCUT2D eigenvalue weighted by atomic mass is 10.1. The fourth-order valence-corrected chi connectivity index (χ4v) is 3.41. The van der Waals surface area contributed by atoms with Gasteiger partial charge in [0.05, 0.1) is 38.1 Å². The molecule has 0 aliphatic carbocycles. The predicted octanol–water partition coefficient (Wildman–Crippen LogP) is 1.37. The van der Waals surface area contributed by atoms with Gasteiger partial charge in [0.25, 0.3) is 0 Å². The number of hydrogen-bond donors (Lipinski definition) is 2. The van der Waals surface area contributed by atoms with Crippen LogP contribution in [0.5, 0.6) is 0 Å². The van der Waals surface area contributed by atoms with E-state index in [1.807, 2.05) is 0 Å². The Labute approximate surface area is 173 Å². The molecule has 1 saturated heterocycles. The molecule has 0 spiro atoms. The quantitative estimate of drug-likeness (QED) is 0.625. The molecular weight excluding hydrogens is 396 g/mol. The van der Waals surface area contributed by atoms with Gasteiger partial charge in [0, 0.05) is 24.5 Å². The summed E-state index contributed by atoms with van der Waals surface area (Å²) in [6.07, 6.45) is 1.94. The number of carbonyl (C=O) groups excluding carboxylic acids is 2. The number of methoxy groups -OCH3 is 2. The van der Waals surface area contributed by atoms with Crippen molar-refractivity contribution in [1.29, 1.82) is 0 Å². The number of carbonyl (C=O) groups is 3. The molecule has 2 heterocycles. The smallest absolute Gasteiger partial charge is 0.355 e. The van der Waals surface area contributed by atoms with E-state index < -0.39 is 17.9 Å². The second-order valence-electron chi connectivity index (χ2n) is 6.77. The zero-order chi connectivity index (χ0) is 21.7. The molecule has 1 aromatic rings. The Hall–Kier alpha value is -3.11. The zero-order valence-corrected chi connectivity index (χ0v) is 16.8. The van der Waals surface area contributed by atoms with Crippen LogP contribution in [0.1, 0.15) is 23.2 Å². The molecule has 1 aromatic carbocycles. The molecule has 0 bridgehead atoms. The van der Waals surface area contributed by atoms with E-state index >= 15 is 0 Å². The minimum Gasteiger partial charge on any atom is -0.478 e. The summed E-state index contributed by atoms with van der Waals surface area (Å²) in [5.41, 5.74) is 0.744. The third-order valence-corrected chi connectivity index (χ3v) is 4.92. The summed E-state index contributed by atoms with van der Waals surface area (Å²) in [5.74, 6) is -2.62. The molecule has 0 saturated carbocycles. The van der Waals surface area contributed by atoms with Crippen LogP contribution in [0.25, 0.3) is 0 Å². The van der Waals surface area contributed by atoms with Crippen LogP contribution in [0.15, 0.2) is 29.5 Å². The Morgan fingerprint density at radius 1 is 1.23 bits per heavy atom. The standard InChI is InChI=1S/C20H24N2O8/c1-27-19(25)15-10-29-11-22(17(15)20(26)28-2)12-5-6-16(14(8-12)18(23)24)21-9-13-4-3-7-30-13/h5-6,8,13,21H,3-4,7,9-11H2,1-2H3,(H,23,24). The van der Waals surface area contributed by atoms with Gasteiger partial charge in [-0.25, -0.2) is 14.4 Å². The Kier molecular flexibility index (Phi) is 6.91. The molecule has 3 rings (SSSR count). The molecule has 162 valence electrons. The Balaban J connectivity index is 1.94. The fraction of sp³-hybridized carbons (Fsp3) is 0.450. The van der Waals surface area contributed by atoms with E-state index in [9.17, 15) is 19.5 Å². The number of nitrogens with zero attached hydrogens (tertiary/aromatic N) is 1. The van der Waals surface area contributed by atoms with Gasteiger partial charge < -0.3 is 34.3 Å². The van der Waals surface area contributed by atoms with Crippen LogP contribution in [0.3, 0.4) is 0 Å². The highest BCUT2D eigenvalue weighted by Gasteiger charge is 2.33. The van der Waals surface area contributed by atoms with Gasteiger partial charge in [-0.1, -0.05) is 0 Å². The number of carboxylic acid groups (broad SMARTS) is 1. The molecule has 1 atom stereocenters. The summed E-state index contributed by atoms with van der Waals surface area (Å²) < 4.78 is 20.5. The molecule has 1 unspecified atom stereocenters. The van der Waals surface area contributed by atoms with Crippen molar-refractivity contribution in [2.24, 2.45) is 0 Å². The summed E-state index contributed by atoms with van der Waals surface area (Å²) in [5, 5.41) is 12.8. The highest BCUT2D eigenvalue weighted by Crippen LogP contribution is 2.30. The maximum absolute atomic E-state index is 12.4. The van der Waals surface area contributed by atoms with Crippen molar-refractivity contribution < 1.29 is 38.4 Å². The average molecular weight is 420 g/mol. The first kappa shape index (κ1) is 21.6. The van der Waals surface area contributed by atoms with Gasteiger partial charge in [0.1, 0.15) is 12.4 Å². The van der Waals surface area contributed by atoms with E-state index in [0.717, 1.165) is 12.8 Å².